The lowest BCUT2D eigenvalue weighted by molar-refractivity contribution is -0.137. The zero-order chi connectivity index (χ0) is 18.3. The van der Waals surface area contributed by atoms with Crippen LogP contribution >= 0.6 is 0 Å². The smallest absolute Gasteiger partial charge is 0.416 e. The minimum Gasteiger partial charge on any atom is -0.444 e. The number of amides is 1. The molecule has 0 spiro atoms. The summed E-state index contributed by atoms with van der Waals surface area (Å²) >= 11 is 0. The van der Waals surface area contributed by atoms with Crippen molar-refractivity contribution in [2.45, 2.75) is 57.7 Å². The quantitative estimate of drug-likeness (QED) is 0.867. The Kier molecular flexibility index (Phi) is 4.41. The van der Waals surface area contributed by atoms with E-state index in [4.69, 9.17) is 4.74 Å². The highest BCUT2D eigenvalue weighted by Gasteiger charge is 2.50. The van der Waals surface area contributed by atoms with Gasteiger partial charge in [0.25, 0.3) is 0 Å². The van der Waals surface area contributed by atoms with Gasteiger partial charge < -0.3 is 4.74 Å². The summed E-state index contributed by atoms with van der Waals surface area (Å²) in [5.41, 5.74) is -2.13. The van der Waals surface area contributed by atoms with Crippen molar-refractivity contribution in [3.8, 4) is 0 Å². The summed E-state index contributed by atoms with van der Waals surface area (Å²) in [6.07, 6.45) is -4.30. The van der Waals surface area contributed by atoms with Crippen LogP contribution in [0, 0.1) is 0 Å². The van der Waals surface area contributed by atoms with Gasteiger partial charge in [-0.25, -0.2) is 4.79 Å². The first-order chi connectivity index (χ1) is 10.8. The van der Waals surface area contributed by atoms with E-state index in [2.05, 4.69) is 5.32 Å². The molecule has 0 unspecified atom stereocenters. The molecule has 0 aliphatic heterocycles. The van der Waals surface area contributed by atoms with Crippen molar-refractivity contribution in [3.05, 3.63) is 29.3 Å². The number of ether oxygens (including phenoxy) is 1. The lowest BCUT2D eigenvalue weighted by atomic mass is 9.89. The average molecular weight is 343 g/mol. The molecule has 1 aromatic carbocycles. The molecule has 1 saturated carbocycles. The molecule has 0 atom stereocenters. The number of Topliss-reactive ketones (excluding diaryl/α,β-unsaturated/α-hetero) is 1. The number of carbonyl (C=O) groups is 2. The molecule has 0 radical (unpaired) electrons. The fraction of sp³-hybridized carbons (Fsp3) is 0.529. The van der Waals surface area contributed by atoms with E-state index in [0.29, 0.717) is 18.4 Å². The molecule has 2 rings (SSSR count). The third kappa shape index (κ3) is 3.88. The number of nitrogens with one attached hydrogen (secondary N) is 1. The fourth-order valence-corrected chi connectivity index (χ4v) is 2.59. The summed E-state index contributed by atoms with van der Waals surface area (Å²) in [7, 11) is 0. The first kappa shape index (κ1) is 18.3. The molecular weight excluding hydrogens is 323 g/mol. The van der Waals surface area contributed by atoms with Crippen LogP contribution in [0.15, 0.2) is 18.2 Å². The van der Waals surface area contributed by atoms with Crippen molar-refractivity contribution < 1.29 is 27.5 Å². The maximum Gasteiger partial charge on any atom is 0.416 e. The summed E-state index contributed by atoms with van der Waals surface area (Å²) in [5, 5.41) is 2.37. The minimum atomic E-state index is -4.55. The second-order valence-electron chi connectivity index (χ2n) is 7.02. The molecule has 1 N–H and O–H groups in total. The van der Waals surface area contributed by atoms with Crippen LogP contribution in [0.5, 0.6) is 0 Å². The molecule has 7 heteroatoms. The van der Waals surface area contributed by atoms with E-state index in [-0.39, 0.29) is 11.5 Å². The van der Waals surface area contributed by atoms with Crippen LogP contribution in [0.3, 0.4) is 0 Å². The van der Waals surface area contributed by atoms with Gasteiger partial charge in [-0.1, -0.05) is 6.07 Å². The Balaban J connectivity index is 2.42. The van der Waals surface area contributed by atoms with Gasteiger partial charge in [0.1, 0.15) is 11.4 Å². The standard InChI is InChI=1S/C17H20F3NO3/c1-10(22)16(7-8-16)12-6-5-11(17(18,19)20)9-13(12)21-14(23)24-15(2,3)4/h5-6,9H,7-8H2,1-4H3,(H,21,23). The Hall–Kier alpha value is -2.05. The van der Waals surface area contributed by atoms with E-state index in [9.17, 15) is 22.8 Å². The zero-order valence-corrected chi connectivity index (χ0v) is 14.0. The minimum absolute atomic E-state index is 0.0354. The number of rotatable bonds is 3. The largest absolute Gasteiger partial charge is 0.444 e. The van der Waals surface area contributed by atoms with E-state index >= 15 is 0 Å². The van der Waals surface area contributed by atoms with Gasteiger partial charge in [-0.3, -0.25) is 10.1 Å². The van der Waals surface area contributed by atoms with Crippen molar-refractivity contribution in [1.82, 2.24) is 0 Å². The summed E-state index contributed by atoms with van der Waals surface area (Å²) in [4.78, 5) is 23.9. The van der Waals surface area contributed by atoms with Crippen molar-refractivity contribution in [1.29, 1.82) is 0 Å². The maximum absolute atomic E-state index is 13.0. The van der Waals surface area contributed by atoms with Crippen molar-refractivity contribution in [2.24, 2.45) is 0 Å². The predicted octanol–water partition coefficient (Wildman–Crippen LogP) is 4.67. The Labute approximate surface area is 138 Å². The lowest BCUT2D eigenvalue weighted by Gasteiger charge is -2.23. The Morgan fingerprint density at radius 1 is 1.17 bits per heavy atom. The van der Waals surface area contributed by atoms with Crippen molar-refractivity contribution in [3.63, 3.8) is 0 Å². The Morgan fingerprint density at radius 2 is 1.75 bits per heavy atom. The summed E-state index contributed by atoms with van der Waals surface area (Å²) in [6, 6.07) is 3.05. The van der Waals surface area contributed by atoms with Gasteiger partial charge in [-0.05, 0) is 58.2 Å². The van der Waals surface area contributed by atoms with Crippen LogP contribution in [0.1, 0.15) is 51.7 Å². The summed E-state index contributed by atoms with van der Waals surface area (Å²) < 4.78 is 44.0. The third-order valence-corrected chi connectivity index (χ3v) is 3.92. The van der Waals surface area contributed by atoms with E-state index in [1.165, 1.54) is 13.0 Å². The number of alkyl halides is 3. The Bertz CT molecular complexity index is 671. The highest BCUT2D eigenvalue weighted by atomic mass is 19.4. The molecule has 132 valence electrons. The van der Waals surface area contributed by atoms with Gasteiger partial charge in [0.15, 0.2) is 0 Å². The van der Waals surface area contributed by atoms with Gasteiger partial charge in [0.2, 0.25) is 0 Å². The zero-order valence-electron chi connectivity index (χ0n) is 14.0. The molecule has 0 aromatic heterocycles. The van der Waals surface area contributed by atoms with Crippen LogP contribution in [-0.4, -0.2) is 17.5 Å². The number of benzene rings is 1. The van der Waals surface area contributed by atoms with E-state index < -0.39 is 28.8 Å². The molecule has 1 aromatic rings. The number of ketones is 1. The van der Waals surface area contributed by atoms with Crippen LogP contribution in [-0.2, 0) is 21.1 Å². The lowest BCUT2D eigenvalue weighted by Crippen LogP contribution is -2.28. The molecule has 24 heavy (non-hydrogen) atoms. The monoisotopic (exact) mass is 343 g/mol. The molecule has 1 aliphatic rings. The first-order valence-corrected chi connectivity index (χ1v) is 7.58. The number of hydrogen-bond donors (Lipinski definition) is 1. The predicted molar refractivity (Wildman–Crippen MR) is 82.9 cm³/mol. The maximum atomic E-state index is 13.0. The number of hydrogen-bond acceptors (Lipinski definition) is 3. The topological polar surface area (TPSA) is 55.4 Å². The van der Waals surface area contributed by atoms with Gasteiger partial charge in [0, 0.05) is 5.69 Å². The van der Waals surface area contributed by atoms with Crippen molar-refractivity contribution >= 4 is 17.6 Å². The molecule has 0 bridgehead atoms. The van der Waals surface area contributed by atoms with Crippen LogP contribution < -0.4 is 5.32 Å². The molecule has 4 nitrogen and oxygen atoms in total. The summed E-state index contributed by atoms with van der Waals surface area (Å²) in [6.45, 7) is 6.36. The van der Waals surface area contributed by atoms with Crippen LogP contribution in [0.4, 0.5) is 23.7 Å². The molecule has 0 saturated heterocycles. The highest BCUT2D eigenvalue weighted by molar-refractivity contribution is 5.95. The second-order valence-corrected chi connectivity index (χ2v) is 7.02. The number of carbonyl (C=O) groups excluding carboxylic acids is 2. The van der Waals surface area contributed by atoms with E-state index in [0.717, 1.165) is 12.1 Å². The first-order valence-electron chi connectivity index (χ1n) is 7.58. The molecular formula is C17H20F3NO3. The fourth-order valence-electron chi connectivity index (χ4n) is 2.59. The van der Waals surface area contributed by atoms with Crippen molar-refractivity contribution in [2.75, 3.05) is 5.32 Å². The van der Waals surface area contributed by atoms with Crippen LogP contribution in [0.2, 0.25) is 0 Å². The second kappa shape index (κ2) is 5.79. The molecule has 1 fully saturated rings. The highest BCUT2D eigenvalue weighted by Crippen LogP contribution is 2.52. The van der Waals surface area contributed by atoms with Crippen LogP contribution in [0.25, 0.3) is 0 Å². The molecule has 1 aliphatic carbocycles. The summed E-state index contributed by atoms with van der Waals surface area (Å²) in [5.74, 6) is -0.130. The third-order valence-electron chi connectivity index (χ3n) is 3.92. The normalized spacial score (nSPS) is 16.5. The Morgan fingerprint density at radius 3 is 2.17 bits per heavy atom. The van der Waals surface area contributed by atoms with Gasteiger partial charge in [0.05, 0.1) is 11.0 Å². The van der Waals surface area contributed by atoms with E-state index in [1.807, 2.05) is 0 Å². The SMILES string of the molecule is CC(=O)C1(c2ccc(C(F)(F)F)cc2NC(=O)OC(C)(C)C)CC1. The average Bonchev–Trinajstić information content (AvgIpc) is 3.16. The molecule has 1 amide bonds. The number of halogens is 3. The van der Waals surface area contributed by atoms with Gasteiger partial charge >= 0.3 is 12.3 Å². The van der Waals surface area contributed by atoms with E-state index in [1.54, 1.807) is 20.8 Å². The molecule has 0 heterocycles. The van der Waals surface area contributed by atoms with Gasteiger partial charge in [-0.2, -0.15) is 13.2 Å². The number of anilines is 1. The van der Waals surface area contributed by atoms with Gasteiger partial charge in [-0.15, -0.1) is 0 Å².